The lowest BCUT2D eigenvalue weighted by Crippen LogP contribution is -2.25. The van der Waals surface area contributed by atoms with Gasteiger partial charge in [0.05, 0.1) is 19.0 Å². The van der Waals surface area contributed by atoms with Gasteiger partial charge in [-0.15, -0.1) is 4.68 Å². The number of nitrogens with zero attached hydrogens (tertiary/aromatic N) is 2. The highest BCUT2D eigenvalue weighted by molar-refractivity contribution is 5.60. The molecule has 52 valence electrons. The molecule has 1 aliphatic rings. The fourth-order valence-electron chi connectivity index (χ4n) is 1.35. The lowest BCUT2D eigenvalue weighted by molar-refractivity contribution is -0.648. The van der Waals surface area contributed by atoms with E-state index in [0.717, 1.165) is 6.54 Å². The third-order valence-electron chi connectivity index (χ3n) is 1.71. The molecule has 0 unspecified atom stereocenters. The van der Waals surface area contributed by atoms with Gasteiger partial charge >= 0.3 is 0 Å². The van der Waals surface area contributed by atoms with E-state index < -0.39 is 0 Å². The Morgan fingerprint density at radius 2 is 2.11 bits per heavy atom. The molecular formula is C7H15N2+. The highest BCUT2D eigenvalue weighted by atomic mass is 15.6. The third kappa shape index (κ3) is 1.23. The summed E-state index contributed by atoms with van der Waals surface area (Å²) in [6, 6.07) is 0. The van der Waals surface area contributed by atoms with Gasteiger partial charge in [-0.25, -0.2) is 0 Å². The minimum atomic E-state index is 0.365. The van der Waals surface area contributed by atoms with Crippen LogP contribution in [-0.4, -0.2) is 36.5 Å². The molecule has 0 radical (unpaired) electrons. The maximum Gasteiger partial charge on any atom is 0.177 e. The van der Waals surface area contributed by atoms with Crippen LogP contribution >= 0.6 is 0 Å². The van der Waals surface area contributed by atoms with Crippen molar-refractivity contribution in [2.75, 3.05) is 20.6 Å². The smallest absolute Gasteiger partial charge is 0.177 e. The Balaban J connectivity index is 2.74. The monoisotopic (exact) mass is 127 g/mol. The zero-order valence-electron chi connectivity index (χ0n) is 6.68. The molecule has 0 saturated carbocycles. The van der Waals surface area contributed by atoms with Crippen LogP contribution in [0.2, 0.25) is 0 Å². The first-order chi connectivity index (χ1) is 4.01. The van der Waals surface area contributed by atoms with Crippen LogP contribution in [0.25, 0.3) is 0 Å². The molecule has 0 aliphatic carbocycles. The second-order valence-corrected chi connectivity index (χ2v) is 3.51. The first-order valence-electron chi connectivity index (χ1n) is 3.31. The van der Waals surface area contributed by atoms with Crippen LogP contribution < -0.4 is 0 Å². The summed E-state index contributed by atoms with van der Waals surface area (Å²) >= 11 is 0. The summed E-state index contributed by atoms with van der Waals surface area (Å²) in [6.45, 7) is 5.61. The maximum atomic E-state index is 2.24. The summed E-state index contributed by atoms with van der Waals surface area (Å²) in [4.78, 5) is 0. The molecular weight excluding hydrogens is 112 g/mol. The van der Waals surface area contributed by atoms with Crippen LogP contribution in [0.5, 0.6) is 0 Å². The molecule has 0 saturated heterocycles. The molecule has 0 aromatic carbocycles. The van der Waals surface area contributed by atoms with Crippen LogP contribution in [0.15, 0.2) is 0 Å². The Hall–Kier alpha value is -0.530. The van der Waals surface area contributed by atoms with Crippen molar-refractivity contribution >= 4 is 6.21 Å². The van der Waals surface area contributed by atoms with Crippen molar-refractivity contribution in [1.82, 2.24) is 5.01 Å². The molecule has 1 rings (SSSR count). The van der Waals surface area contributed by atoms with Gasteiger partial charge in [0, 0.05) is 0 Å². The van der Waals surface area contributed by atoms with Crippen molar-refractivity contribution in [1.29, 1.82) is 0 Å². The third-order valence-corrected chi connectivity index (χ3v) is 1.71. The van der Waals surface area contributed by atoms with Gasteiger partial charge in [0.25, 0.3) is 0 Å². The zero-order valence-corrected chi connectivity index (χ0v) is 6.68. The Bertz CT molecular complexity index is 147. The summed E-state index contributed by atoms with van der Waals surface area (Å²) < 4.78 is 2.14. The average Bonchev–Trinajstić information content (AvgIpc) is 1.79. The minimum Gasteiger partial charge on any atom is -0.189 e. The minimum absolute atomic E-state index is 0.365. The van der Waals surface area contributed by atoms with E-state index in [-0.39, 0.29) is 0 Å². The highest BCUT2D eigenvalue weighted by Crippen LogP contribution is 2.17. The predicted octanol–water partition coefficient (Wildman–Crippen LogP) is 0.586. The van der Waals surface area contributed by atoms with Crippen LogP contribution in [0, 0.1) is 5.41 Å². The Labute approximate surface area is 56.8 Å². The zero-order chi connectivity index (χ0) is 7.07. The Kier molecular flexibility index (Phi) is 1.26. The van der Waals surface area contributed by atoms with E-state index >= 15 is 0 Å². The molecule has 0 bridgehead atoms. The van der Waals surface area contributed by atoms with Crippen molar-refractivity contribution in [2.45, 2.75) is 13.8 Å². The number of hydrogen-bond donors (Lipinski definition) is 0. The second kappa shape index (κ2) is 1.72. The second-order valence-electron chi connectivity index (χ2n) is 3.51. The number of hydrogen-bond acceptors (Lipinski definition) is 1. The molecule has 0 fully saturated rings. The molecule has 1 heterocycles. The van der Waals surface area contributed by atoms with E-state index in [0.29, 0.717) is 5.41 Å². The molecule has 0 aromatic heterocycles. The average molecular weight is 127 g/mol. The first-order valence-corrected chi connectivity index (χ1v) is 3.31. The summed E-state index contributed by atoms with van der Waals surface area (Å²) in [5.41, 5.74) is 0.365. The normalized spacial score (nSPS) is 24.4. The molecule has 2 nitrogen and oxygen atoms in total. The van der Waals surface area contributed by atoms with E-state index in [4.69, 9.17) is 0 Å². The Morgan fingerprint density at radius 1 is 1.56 bits per heavy atom. The van der Waals surface area contributed by atoms with Gasteiger partial charge < -0.3 is 0 Å². The molecule has 9 heavy (non-hydrogen) atoms. The van der Waals surface area contributed by atoms with E-state index in [2.05, 4.69) is 43.9 Å². The van der Waals surface area contributed by atoms with Crippen LogP contribution in [-0.2, 0) is 0 Å². The van der Waals surface area contributed by atoms with Gasteiger partial charge in [0.1, 0.15) is 0 Å². The fraction of sp³-hybridized carbons (Fsp3) is 0.857. The van der Waals surface area contributed by atoms with Crippen LogP contribution in [0.3, 0.4) is 0 Å². The van der Waals surface area contributed by atoms with E-state index in [1.807, 2.05) is 0 Å². The van der Waals surface area contributed by atoms with Crippen molar-refractivity contribution in [3.05, 3.63) is 0 Å². The maximum absolute atomic E-state index is 2.24. The van der Waals surface area contributed by atoms with Gasteiger partial charge in [-0.1, -0.05) is 0 Å². The van der Waals surface area contributed by atoms with Crippen molar-refractivity contribution in [3.8, 4) is 0 Å². The summed E-state index contributed by atoms with van der Waals surface area (Å²) in [7, 11) is 4.18. The van der Waals surface area contributed by atoms with E-state index in [1.165, 1.54) is 0 Å². The Morgan fingerprint density at radius 3 is 2.22 bits per heavy atom. The molecule has 0 aromatic rings. The van der Waals surface area contributed by atoms with E-state index in [1.54, 1.807) is 0 Å². The molecule has 0 atom stereocenters. The molecule has 1 aliphatic heterocycles. The lowest BCUT2D eigenvalue weighted by Gasteiger charge is -2.10. The van der Waals surface area contributed by atoms with Crippen molar-refractivity contribution in [2.24, 2.45) is 5.41 Å². The fourth-order valence-corrected chi connectivity index (χ4v) is 1.35. The van der Waals surface area contributed by atoms with Crippen LogP contribution in [0.4, 0.5) is 0 Å². The SMILES string of the molecule is CN1CC(C)(C)C=[N+]1C. The number of hydrazone groups is 1. The van der Waals surface area contributed by atoms with E-state index in [9.17, 15) is 0 Å². The van der Waals surface area contributed by atoms with Gasteiger partial charge in [0.15, 0.2) is 13.3 Å². The lowest BCUT2D eigenvalue weighted by atomic mass is 9.97. The molecule has 0 amide bonds. The van der Waals surface area contributed by atoms with Crippen LogP contribution in [0.1, 0.15) is 13.8 Å². The summed E-state index contributed by atoms with van der Waals surface area (Å²) in [5.74, 6) is 0. The topological polar surface area (TPSA) is 6.25 Å². The van der Waals surface area contributed by atoms with Crippen molar-refractivity contribution in [3.63, 3.8) is 0 Å². The van der Waals surface area contributed by atoms with Gasteiger partial charge in [-0.3, -0.25) is 0 Å². The van der Waals surface area contributed by atoms with Gasteiger partial charge in [0.2, 0.25) is 0 Å². The summed E-state index contributed by atoms with van der Waals surface area (Å²) in [6.07, 6.45) is 2.24. The standard InChI is InChI=1S/C7H15N2/c1-7(2)5-8(3)9(4)6-7/h5H,6H2,1-4H3/q+1. The molecule has 0 spiro atoms. The highest BCUT2D eigenvalue weighted by Gasteiger charge is 2.31. The van der Waals surface area contributed by atoms with Gasteiger partial charge in [-0.2, -0.15) is 5.01 Å². The first kappa shape index (κ1) is 6.59. The van der Waals surface area contributed by atoms with Gasteiger partial charge in [-0.05, 0) is 13.8 Å². The number of rotatable bonds is 0. The molecule has 2 heteroatoms. The largest absolute Gasteiger partial charge is 0.189 e. The predicted molar refractivity (Wildman–Crippen MR) is 38.7 cm³/mol. The van der Waals surface area contributed by atoms with Crippen molar-refractivity contribution < 1.29 is 4.68 Å². The summed E-state index contributed by atoms with van der Waals surface area (Å²) in [5, 5.41) is 2.21. The molecule has 0 N–H and O–H groups in total. The quantitative estimate of drug-likeness (QED) is 0.432. The number of hydrazine groups is 1.